The largest absolute Gasteiger partial charge is 0.484 e. The van der Waals surface area contributed by atoms with Crippen molar-refractivity contribution in [2.75, 3.05) is 23.0 Å². The summed E-state index contributed by atoms with van der Waals surface area (Å²) in [5, 5.41) is 6.57. The van der Waals surface area contributed by atoms with Gasteiger partial charge in [-0.25, -0.2) is 0 Å². The average Bonchev–Trinajstić information content (AvgIpc) is 3.24. The third-order valence-corrected chi connectivity index (χ3v) is 6.92. The monoisotopic (exact) mass is 488 g/mol. The summed E-state index contributed by atoms with van der Waals surface area (Å²) in [4.78, 5) is 30.1. The maximum Gasteiger partial charge on any atom is 0.262 e. The molecule has 0 saturated heterocycles. The Morgan fingerprint density at radius 3 is 2.66 bits per heavy atom. The molecule has 1 unspecified atom stereocenters. The number of carbonyl (C=O) groups is 2. The highest BCUT2D eigenvalue weighted by Gasteiger charge is 2.20. The fraction of sp³-hybridized carbons (Fsp3) is 0.273. The van der Waals surface area contributed by atoms with Crippen molar-refractivity contribution in [1.29, 1.82) is 0 Å². The highest BCUT2D eigenvalue weighted by Crippen LogP contribution is 2.29. The molecule has 10 heteroatoms. The normalized spacial score (nSPS) is 11.6. The Bertz CT molecular complexity index is 1030. The first-order valence-electron chi connectivity index (χ1n) is 10.1. The number of hydrogen-bond donors (Lipinski definition) is 2. The number of nitrogens with one attached hydrogen (secondary N) is 2. The predicted octanol–water partition coefficient (Wildman–Crippen LogP) is 5.18. The lowest BCUT2D eigenvalue weighted by Gasteiger charge is -2.14. The van der Waals surface area contributed by atoms with Gasteiger partial charge >= 0.3 is 0 Å². The number of carbonyl (C=O) groups excluding carboxylic acids is 2. The minimum atomic E-state index is -0.298. The van der Waals surface area contributed by atoms with E-state index in [1.165, 1.54) is 35.1 Å². The Morgan fingerprint density at radius 2 is 1.91 bits per heavy atom. The molecule has 32 heavy (non-hydrogen) atoms. The molecule has 0 radical (unpaired) electrons. The predicted molar refractivity (Wildman–Crippen MR) is 132 cm³/mol. The summed E-state index contributed by atoms with van der Waals surface area (Å²) in [5.74, 6) is 1.15. The summed E-state index contributed by atoms with van der Waals surface area (Å²) >= 11 is 4.16. The SMILES string of the molecule is CCSc1nsc(NC(=O)C(CC)Sc2cccc(NC(=O)COc3ccccc3)c2)n1. The van der Waals surface area contributed by atoms with Crippen LogP contribution in [0.4, 0.5) is 10.8 Å². The average molecular weight is 489 g/mol. The van der Waals surface area contributed by atoms with Crippen LogP contribution >= 0.6 is 35.1 Å². The fourth-order valence-electron chi connectivity index (χ4n) is 2.63. The smallest absolute Gasteiger partial charge is 0.262 e. The number of thioether (sulfide) groups is 2. The number of para-hydroxylation sites is 1. The number of nitrogens with zero attached hydrogens (tertiary/aromatic N) is 2. The summed E-state index contributed by atoms with van der Waals surface area (Å²) in [5.41, 5.74) is 0.650. The standard InChI is InChI=1S/C22H24N4O3S3/c1-3-18(20(28)24-21-25-22(26-32-21)30-4-2)31-17-12-8-9-15(13-17)23-19(27)14-29-16-10-6-5-7-11-16/h5-13,18H,3-4,14H2,1-2H3,(H,23,27)(H,24,25,26,28). The van der Waals surface area contributed by atoms with Crippen molar-refractivity contribution in [2.45, 2.75) is 35.6 Å². The second-order valence-corrected chi connectivity index (χ2v) is 9.76. The highest BCUT2D eigenvalue weighted by molar-refractivity contribution is 8.00. The molecule has 3 aromatic rings. The van der Waals surface area contributed by atoms with Crippen molar-refractivity contribution in [1.82, 2.24) is 9.36 Å². The van der Waals surface area contributed by atoms with E-state index in [-0.39, 0.29) is 23.7 Å². The molecular weight excluding hydrogens is 464 g/mol. The Hall–Kier alpha value is -2.56. The van der Waals surface area contributed by atoms with Gasteiger partial charge in [0.1, 0.15) is 5.75 Å². The first-order chi connectivity index (χ1) is 15.6. The van der Waals surface area contributed by atoms with Crippen LogP contribution in [0.25, 0.3) is 0 Å². The molecule has 2 amide bonds. The van der Waals surface area contributed by atoms with Crippen LogP contribution < -0.4 is 15.4 Å². The summed E-state index contributed by atoms with van der Waals surface area (Å²) in [6.45, 7) is 3.91. The second kappa shape index (κ2) is 12.5. The van der Waals surface area contributed by atoms with Gasteiger partial charge in [0.15, 0.2) is 6.61 Å². The van der Waals surface area contributed by atoms with Gasteiger partial charge in [0.25, 0.3) is 5.91 Å². The van der Waals surface area contributed by atoms with E-state index >= 15 is 0 Å². The lowest BCUT2D eigenvalue weighted by atomic mass is 10.3. The second-order valence-electron chi connectivity index (χ2n) is 6.50. The van der Waals surface area contributed by atoms with Gasteiger partial charge in [-0.1, -0.05) is 49.9 Å². The Morgan fingerprint density at radius 1 is 1.09 bits per heavy atom. The molecule has 1 atom stereocenters. The summed E-state index contributed by atoms with van der Waals surface area (Å²) < 4.78 is 9.70. The van der Waals surface area contributed by atoms with E-state index in [9.17, 15) is 9.59 Å². The van der Waals surface area contributed by atoms with Gasteiger partial charge in [-0.15, -0.1) is 11.8 Å². The summed E-state index contributed by atoms with van der Waals surface area (Å²) in [6.07, 6.45) is 0.646. The topological polar surface area (TPSA) is 93.2 Å². The van der Waals surface area contributed by atoms with Crippen LogP contribution in [0.3, 0.4) is 0 Å². The Kier molecular flexibility index (Phi) is 9.39. The molecule has 168 valence electrons. The van der Waals surface area contributed by atoms with E-state index in [0.717, 1.165) is 10.6 Å². The first kappa shape index (κ1) is 24.1. The molecule has 0 fully saturated rings. The van der Waals surface area contributed by atoms with Crippen molar-refractivity contribution in [2.24, 2.45) is 0 Å². The zero-order chi connectivity index (χ0) is 22.8. The minimum absolute atomic E-state index is 0.0818. The van der Waals surface area contributed by atoms with Gasteiger partial charge in [0.2, 0.25) is 16.2 Å². The van der Waals surface area contributed by atoms with Crippen LogP contribution in [0.2, 0.25) is 0 Å². The van der Waals surface area contributed by atoms with E-state index < -0.39 is 0 Å². The summed E-state index contributed by atoms with van der Waals surface area (Å²) in [6, 6.07) is 16.6. The van der Waals surface area contributed by atoms with Crippen LogP contribution in [0, 0.1) is 0 Å². The summed E-state index contributed by atoms with van der Waals surface area (Å²) in [7, 11) is 0. The maximum absolute atomic E-state index is 12.7. The van der Waals surface area contributed by atoms with Crippen molar-refractivity contribution in [3.63, 3.8) is 0 Å². The van der Waals surface area contributed by atoms with Crippen LogP contribution in [0.1, 0.15) is 20.3 Å². The Balaban J connectivity index is 1.54. The molecule has 0 aliphatic carbocycles. The van der Waals surface area contributed by atoms with E-state index in [1.807, 2.05) is 50.2 Å². The maximum atomic E-state index is 12.7. The molecule has 0 spiro atoms. The molecule has 0 aliphatic heterocycles. The molecule has 2 aromatic carbocycles. The molecule has 0 bridgehead atoms. The number of anilines is 2. The number of hydrogen-bond acceptors (Lipinski definition) is 8. The van der Waals surface area contributed by atoms with Crippen molar-refractivity contribution in [3.8, 4) is 5.75 Å². The van der Waals surface area contributed by atoms with Crippen molar-refractivity contribution >= 4 is 57.7 Å². The lowest BCUT2D eigenvalue weighted by molar-refractivity contribution is -0.118. The zero-order valence-corrected chi connectivity index (χ0v) is 20.2. The number of rotatable bonds is 11. The third kappa shape index (κ3) is 7.54. The quantitative estimate of drug-likeness (QED) is 0.359. The van der Waals surface area contributed by atoms with Gasteiger partial charge in [0, 0.05) is 22.1 Å². The molecule has 0 saturated carbocycles. The highest BCUT2D eigenvalue weighted by atomic mass is 32.2. The Labute approximate surface area is 199 Å². The third-order valence-electron chi connectivity index (χ3n) is 4.08. The van der Waals surface area contributed by atoms with Gasteiger partial charge in [-0.05, 0) is 42.5 Å². The minimum Gasteiger partial charge on any atom is -0.484 e. The molecular formula is C22H24N4O3S3. The van der Waals surface area contributed by atoms with E-state index in [2.05, 4.69) is 20.0 Å². The van der Waals surface area contributed by atoms with Crippen LogP contribution in [-0.2, 0) is 9.59 Å². The van der Waals surface area contributed by atoms with Crippen LogP contribution in [0.5, 0.6) is 5.75 Å². The van der Waals surface area contributed by atoms with E-state index in [4.69, 9.17) is 4.74 Å². The van der Waals surface area contributed by atoms with Gasteiger partial charge < -0.3 is 10.1 Å². The van der Waals surface area contributed by atoms with E-state index in [1.54, 1.807) is 18.2 Å². The number of amides is 2. The van der Waals surface area contributed by atoms with Crippen molar-refractivity contribution in [3.05, 3.63) is 54.6 Å². The van der Waals surface area contributed by atoms with E-state index in [0.29, 0.717) is 28.1 Å². The van der Waals surface area contributed by atoms with Crippen LogP contribution in [0.15, 0.2) is 64.6 Å². The van der Waals surface area contributed by atoms with Gasteiger partial charge in [0.05, 0.1) is 5.25 Å². The van der Waals surface area contributed by atoms with Gasteiger partial charge in [-0.3, -0.25) is 14.9 Å². The number of benzene rings is 2. The molecule has 0 aliphatic rings. The van der Waals surface area contributed by atoms with Crippen molar-refractivity contribution < 1.29 is 14.3 Å². The van der Waals surface area contributed by atoms with Gasteiger partial charge in [-0.2, -0.15) is 9.36 Å². The number of aromatic nitrogens is 2. The molecule has 2 N–H and O–H groups in total. The van der Waals surface area contributed by atoms with Crippen LogP contribution in [-0.4, -0.2) is 38.8 Å². The molecule has 1 heterocycles. The zero-order valence-electron chi connectivity index (χ0n) is 17.7. The molecule has 3 rings (SSSR count). The molecule has 1 aromatic heterocycles. The fourth-order valence-corrected chi connectivity index (χ4v) is 4.92. The first-order valence-corrected chi connectivity index (χ1v) is 12.7. The molecule has 7 nitrogen and oxygen atoms in total. The number of ether oxygens (including phenoxy) is 1. The lowest BCUT2D eigenvalue weighted by Crippen LogP contribution is -2.24.